The minimum absolute atomic E-state index is 0.0189. The van der Waals surface area contributed by atoms with Gasteiger partial charge in [0.05, 0.1) is 6.20 Å². The Balaban J connectivity index is 1.47. The highest BCUT2D eigenvalue weighted by molar-refractivity contribution is 6.32. The number of halogens is 1. The van der Waals surface area contributed by atoms with Gasteiger partial charge in [-0.15, -0.1) is 0 Å². The van der Waals surface area contributed by atoms with Gasteiger partial charge in [-0.05, 0) is 80.0 Å². The van der Waals surface area contributed by atoms with Crippen LogP contribution in [0.5, 0.6) is 0 Å². The largest absolute Gasteiger partial charge is 0.352 e. The molecule has 5 heteroatoms. The zero-order valence-electron chi connectivity index (χ0n) is 13.0. The third-order valence-electron chi connectivity index (χ3n) is 6.19. The minimum Gasteiger partial charge on any atom is -0.340 e. The number of imidazole rings is 1. The summed E-state index contributed by atoms with van der Waals surface area (Å²) in [4.78, 5) is 16.0. The normalized spacial score (nSPS) is 34.9. The Labute approximate surface area is 140 Å². The first kappa shape index (κ1) is 13.8. The van der Waals surface area contributed by atoms with Crippen molar-refractivity contribution in [3.8, 4) is 0 Å². The second-order valence-corrected chi connectivity index (χ2v) is 8.27. The molecule has 6 rings (SSSR count). The van der Waals surface area contributed by atoms with Gasteiger partial charge < -0.3 is 5.32 Å². The SMILES string of the molecule is O=C(NC12CC3CC(CC(C3)C1)C2)c1[nH]c(Cl)c2cccc[n+]12. The molecule has 4 fully saturated rings. The van der Waals surface area contributed by atoms with Gasteiger partial charge in [0.2, 0.25) is 5.15 Å². The third-order valence-corrected chi connectivity index (χ3v) is 6.47. The summed E-state index contributed by atoms with van der Waals surface area (Å²) in [6.45, 7) is 0. The zero-order valence-corrected chi connectivity index (χ0v) is 13.8. The molecule has 0 atom stereocenters. The van der Waals surface area contributed by atoms with E-state index in [4.69, 9.17) is 11.6 Å². The van der Waals surface area contributed by atoms with Crippen LogP contribution in [0, 0.1) is 17.8 Å². The molecule has 4 nitrogen and oxygen atoms in total. The van der Waals surface area contributed by atoms with E-state index in [1.165, 1.54) is 19.3 Å². The summed E-state index contributed by atoms with van der Waals surface area (Å²) >= 11 is 6.24. The van der Waals surface area contributed by atoms with E-state index in [1.807, 2.05) is 28.8 Å². The Bertz CT molecular complexity index is 761. The topological polar surface area (TPSA) is 49.0 Å². The lowest BCUT2D eigenvalue weighted by molar-refractivity contribution is -0.514. The van der Waals surface area contributed by atoms with Crippen molar-refractivity contribution in [3.63, 3.8) is 0 Å². The number of pyridine rings is 1. The van der Waals surface area contributed by atoms with Crippen molar-refractivity contribution in [2.75, 3.05) is 0 Å². The molecule has 2 N–H and O–H groups in total. The number of carbonyl (C=O) groups excluding carboxylic acids is 1. The van der Waals surface area contributed by atoms with Crippen LogP contribution in [-0.2, 0) is 0 Å². The first-order chi connectivity index (χ1) is 11.1. The molecule has 1 amide bonds. The first-order valence-corrected chi connectivity index (χ1v) is 9.00. The monoisotopic (exact) mass is 330 g/mol. The lowest BCUT2D eigenvalue weighted by Crippen LogP contribution is -2.60. The number of aromatic amines is 1. The maximum absolute atomic E-state index is 12.9. The van der Waals surface area contributed by atoms with Gasteiger partial charge in [0, 0.05) is 5.54 Å². The second kappa shape index (κ2) is 4.73. The number of nitrogens with zero attached hydrogens (tertiary/aromatic N) is 1. The molecule has 120 valence electrons. The summed E-state index contributed by atoms with van der Waals surface area (Å²) in [6, 6.07) is 5.76. The first-order valence-electron chi connectivity index (χ1n) is 8.62. The molecular weight excluding hydrogens is 310 g/mol. The van der Waals surface area contributed by atoms with Crippen LogP contribution in [0.1, 0.15) is 49.1 Å². The van der Waals surface area contributed by atoms with E-state index in [2.05, 4.69) is 10.3 Å². The Morgan fingerprint density at radius 3 is 2.48 bits per heavy atom. The summed E-state index contributed by atoms with van der Waals surface area (Å²) in [7, 11) is 0. The van der Waals surface area contributed by atoms with Gasteiger partial charge in [0.1, 0.15) is 0 Å². The standard InChI is InChI=1S/C18H20ClN3O/c19-15-14-3-1-2-4-22(14)16(20-15)17(23)21-18-8-11-5-12(9-18)7-13(6-11)10-18/h1-4,11-13H,5-10H2,(H,21,23)/p+1. The molecular formula is C18H21ClN3O+. The van der Waals surface area contributed by atoms with Gasteiger partial charge in [-0.3, -0.25) is 4.79 Å². The lowest BCUT2D eigenvalue weighted by Gasteiger charge is -2.56. The van der Waals surface area contributed by atoms with Gasteiger partial charge in [-0.25, -0.2) is 4.98 Å². The van der Waals surface area contributed by atoms with Crippen LogP contribution >= 0.6 is 11.6 Å². The van der Waals surface area contributed by atoms with E-state index in [1.54, 1.807) is 0 Å². The van der Waals surface area contributed by atoms with E-state index in [0.717, 1.165) is 42.5 Å². The summed E-state index contributed by atoms with van der Waals surface area (Å²) in [6.07, 6.45) is 9.47. The van der Waals surface area contributed by atoms with Crippen LogP contribution in [0.3, 0.4) is 0 Å². The Kier molecular flexibility index (Phi) is 2.85. The highest BCUT2D eigenvalue weighted by Crippen LogP contribution is 2.55. The molecule has 0 spiro atoms. The smallest absolute Gasteiger partial charge is 0.340 e. The predicted octanol–water partition coefficient (Wildman–Crippen LogP) is 3.11. The van der Waals surface area contributed by atoms with Crippen LogP contribution in [-0.4, -0.2) is 16.4 Å². The van der Waals surface area contributed by atoms with Crippen molar-refractivity contribution in [1.29, 1.82) is 0 Å². The summed E-state index contributed by atoms with van der Waals surface area (Å²) < 4.78 is 1.85. The van der Waals surface area contributed by atoms with Gasteiger partial charge in [0.25, 0.3) is 0 Å². The number of H-pyrrole nitrogens is 1. The fourth-order valence-corrected chi connectivity index (χ4v) is 6.02. The number of fused-ring (bicyclic) bond motifs is 1. The van der Waals surface area contributed by atoms with E-state index in [-0.39, 0.29) is 11.4 Å². The quantitative estimate of drug-likeness (QED) is 0.817. The summed E-state index contributed by atoms with van der Waals surface area (Å²) in [5.41, 5.74) is 0.857. The number of aromatic nitrogens is 2. The van der Waals surface area contributed by atoms with Crippen molar-refractivity contribution < 1.29 is 9.20 Å². The van der Waals surface area contributed by atoms with E-state index < -0.39 is 0 Å². The summed E-state index contributed by atoms with van der Waals surface area (Å²) in [5.74, 6) is 2.95. The van der Waals surface area contributed by atoms with E-state index in [0.29, 0.717) is 11.0 Å². The number of hydrogen-bond donors (Lipinski definition) is 2. The zero-order chi connectivity index (χ0) is 15.6. The minimum atomic E-state index is -0.0277. The maximum atomic E-state index is 12.9. The van der Waals surface area contributed by atoms with Crippen LogP contribution in [0.2, 0.25) is 5.15 Å². The average Bonchev–Trinajstić information content (AvgIpc) is 2.83. The van der Waals surface area contributed by atoms with Crippen molar-refractivity contribution in [2.24, 2.45) is 17.8 Å². The van der Waals surface area contributed by atoms with E-state index >= 15 is 0 Å². The van der Waals surface area contributed by atoms with E-state index in [9.17, 15) is 4.79 Å². The van der Waals surface area contributed by atoms with Crippen LogP contribution in [0.4, 0.5) is 0 Å². The molecule has 0 aromatic carbocycles. The van der Waals surface area contributed by atoms with Crippen LogP contribution in [0.25, 0.3) is 5.52 Å². The van der Waals surface area contributed by atoms with Gasteiger partial charge in [-0.2, -0.15) is 4.40 Å². The molecule has 0 saturated heterocycles. The van der Waals surface area contributed by atoms with Crippen LogP contribution in [0.15, 0.2) is 24.4 Å². The van der Waals surface area contributed by atoms with Crippen molar-refractivity contribution in [2.45, 2.75) is 44.1 Å². The molecule has 0 unspecified atom stereocenters. The lowest BCUT2D eigenvalue weighted by atomic mass is 9.53. The fraction of sp³-hybridized carbons (Fsp3) is 0.556. The molecule has 2 aromatic rings. The molecule has 0 radical (unpaired) electrons. The fourth-order valence-electron chi connectivity index (χ4n) is 5.78. The summed E-state index contributed by atoms with van der Waals surface area (Å²) in [5, 5.41) is 3.91. The number of carbonyl (C=O) groups is 1. The Hall–Kier alpha value is -1.55. The molecule has 0 aliphatic heterocycles. The Morgan fingerprint density at radius 2 is 1.83 bits per heavy atom. The third kappa shape index (κ3) is 2.11. The average molecular weight is 331 g/mol. The predicted molar refractivity (Wildman–Crippen MR) is 87.3 cm³/mol. The van der Waals surface area contributed by atoms with Crippen LogP contribution < -0.4 is 9.72 Å². The molecule has 23 heavy (non-hydrogen) atoms. The number of rotatable bonds is 2. The molecule has 4 bridgehead atoms. The second-order valence-electron chi connectivity index (χ2n) is 7.90. The van der Waals surface area contributed by atoms with Gasteiger partial charge in [-0.1, -0.05) is 6.07 Å². The maximum Gasteiger partial charge on any atom is 0.352 e. The van der Waals surface area contributed by atoms with Gasteiger partial charge >= 0.3 is 11.7 Å². The number of amides is 1. The molecule has 4 aliphatic rings. The molecule has 2 aromatic heterocycles. The highest BCUT2D eigenvalue weighted by atomic mass is 35.5. The Morgan fingerprint density at radius 1 is 1.17 bits per heavy atom. The number of nitrogens with one attached hydrogen (secondary N) is 2. The van der Waals surface area contributed by atoms with Gasteiger partial charge in [0.15, 0.2) is 5.52 Å². The van der Waals surface area contributed by atoms with Crippen molar-refractivity contribution in [3.05, 3.63) is 35.4 Å². The molecule has 4 aliphatic carbocycles. The molecule has 2 heterocycles. The highest BCUT2D eigenvalue weighted by Gasteiger charge is 2.52. The number of hydrogen-bond acceptors (Lipinski definition) is 1. The molecule has 4 saturated carbocycles. The van der Waals surface area contributed by atoms with Crippen molar-refractivity contribution >= 4 is 23.0 Å². The van der Waals surface area contributed by atoms with Crippen molar-refractivity contribution in [1.82, 2.24) is 10.3 Å².